The molecule has 0 heterocycles. The molecule has 2 rings (SSSR count). The molecule has 0 aliphatic carbocycles. The van der Waals surface area contributed by atoms with Gasteiger partial charge in [-0.25, -0.2) is 0 Å². The molecule has 0 radical (unpaired) electrons. The molecule has 0 saturated carbocycles. The molecule has 1 atom stereocenters. The molecular formula is C19H20O. The number of hydrogen-bond acceptors (Lipinski definition) is 1. The van der Waals surface area contributed by atoms with Crippen molar-refractivity contribution in [3.63, 3.8) is 0 Å². The molecule has 1 N–H and O–H groups in total. The van der Waals surface area contributed by atoms with Crippen molar-refractivity contribution >= 4 is 0 Å². The molecular weight excluding hydrogens is 244 g/mol. The van der Waals surface area contributed by atoms with Crippen LogP contribution in [-0.4, -0.2) is 5.11 Å². The summed E-state index contributed by atoms with van der Waals surface area (Å²) >= 11 is 0. The van der Waals surface area contributed by atoms with E-state index in [0.717, 1.165) is 30.4 Å². The summed E-state index contributed by atoms with van der Waals surface area (Å²) < 4.78 is 0. The van der Waals surface area contributed by atoms with Crippen molar-refractivity contribution in [1.82, 2.24) is 0 Å². The van der Waals surface area contributed by atoms with Crippen molar-refractivity contribution in [3.05, 3.63) is 60.2 Å². The second-order valence-corrected chi connectivity index (χ2v) is 4.82. The third-order valence-corrected chi connectivity index (χ3v) is 3.23. The van der Waals surface area contributed by atoms with Crippen LogP contribution in [0.1, 0.15) is 37.9 Å². The van der Waals surface area contributed by atoms with Gasteiger partial charge in [-0.15, -0.1) is 5.92 Å². The average Bonchev–Trinajstić information content (AvgIpc) is 2.52. The van der Waals surface area contributed by atoms with Crippen molar-refractivity contribution in [3.8, 4) is 23.0 Å². The lowest BCUT2D eigenvalue weighted by atomic mass is 10.0. The third kappa shape index (κ3) is 3.98. The first-order chi connectivity index (χ1) is 9.81. The Bertz CT molecular complexity index is 573. The Labute approximate surface area is 121 Å². The summed E-state index contributed by atoms with van der Waals surface area (Å²) in [6.45, 7) is 2.14. The maximum absolute atomic E-state index is 10.0. The normalized spacial score (nSPS) is 11.5. The van der Waals surface area contributed by atoms with E-state index in [2.05, 4.69) is 30.9 Å². The largest absolute Gasteiger partial charge is 0.376 e. The molecule has 0 aliphatic heterocycles. The number of rotatable bonds is 4. The molecule has 2 aromatic carbocycles. The van der Waals surface area contributed by atoms with Crippen molar-refractivity contribution in [1.29, 1.82) is 0 Å². The van der Waals surface area contributed by atoms with Crippen molar-refractivity contribution in [2.75, 3.05) is 0 Å². The molecule has 0 saturated heterocycles. The SMILES string of the molecule is CCCCC#CC(O)c1ccc(-c2ccccc2)cc1. The first-order valence-corrected chi connectivity index (χ1v) is 7.13. The van der Waals surface area contributed by atoms with E-state index >= 15 is 0 Å². The molecule has 0 fully saturated rings. The Morgan fingerprint density at radius 1 is 0.950 bits per heavy atom. The summed E-state index contributed by atoms with van der Waals surface area (Å²) in [5, 5.41) is 10.0. The van der Waals surface area contributed by atoms with Gasteiger partial charge >= 0.3 is 0 Å². The maximum atomic E-state index is 10.0. The molecule has 0 bridgehead atoms. The van der Waals surface area contributed by atoms with Gasteiger partial charge in [0, 0.05) is 6.42 Å². The van der Waals surface area contributed by atoms with Gasteiger partial charge in [0.05, 0.1) is 0 Å². The van der Waals surface area contributed by atoms with Gasteiger partial charge in [-0.3, -0.25) is 0 Å². The van der Waals surface area contributed by atoms with Crippen LogP contribution < -0.4 is 0 Å². The van der Waals surface area contributed by atoms with Crippen LogP contribution in [0.3, 0.4) is 0 Å². The average molecular weight is 264 g/mol. The van der Waals surface area contributed by atoms with Gasteiger partial charge in [-0.1, -0.05) is 73.9 Å². The number of benzene rings is 2. The number of hydrogen-bond donors (Lipinski definition) is 1. The van der Waals surface area contributed by atoms with Crippen LogP contribution in [0.5, 0.6) is 0 Å². The molecule has 0 aromatic heterocycles. The monoisotopic (exact) mass is 264 g/mol. The lowest BCUT2D eigenvalue weighted by Crippen LogP contribution is -1.93. The van der Waals surface area contributed by atoms with Crippen LogP contribution in [0.15, 0.2) is 54.6 Å². The third-order valence-electron chi connectivity index (χ3n) is 3.23. The minimum atomic E-state index is -0.684. The highest BCUT2D eigenvalue weighted by Gasteiger charge is 2.03. The van der Waals surface area contributed by atoms with Gasteiger partial charge in [0.1, 0.15) is 6.10 Å². The lowest BCUT2D eigenvalue weighted by Gasteiger charge is -2.06. The first kappa shape index (κ1) is 14.4. The van der Waals surface area contributed by atoms with Crippen LogP contribution in [0.2, 0.25) is 0 Å². The Balaban J connectivity index is 2.06. The van der Waals surface area contributed by atoms with E-state index in [-0.39, 0.29) is 0 Å². The van der Waals surface area contributed by atoms with E-state index in [0.29, 0.717) is 0 Å². The number of aliphatic hydroxyl groups is 1. The zero-order chi connectivity index (χ0) is 14.2. The Morgan fingerprint density at radius 2 is 1.60 bits per heavy atom. The molecule has 2 aromatic rings. The topological polar surface area (TPSA) is 20.2 Å². The summed E-state index contributed by atoms with van der Waals surface area (Å²) in [5.74, 6) is 5.93. The van der Waals surface area contributed by atoms with Gasteiger partial charge in [-0.2, -0.15) is 0 Å². The molecule has 102 valence electrons. The highest BCUT2D eigenvalue weighted by molar-refractivity contribution is 5.63. The Hall–Kier alpha value is -2.04. The standard InChI is InChI=1S/C19H20O/c1-2-3-4-8-11-19(20)18-14-12-17(13-15-18)16-9-6-5-7-10-16/h5-7,9-10,12-15,19-20H,2-4H2,1H3. The fourth-order valence-corrected chi connectivity index (χ4v) is 2.01. The summed E-state index contributed by atoms with van der Waals surface area (Å²) in [4.78, 5) is 0. The van der Waals surface area contributed by atoms with Crippen molar-refractivity contribution in [2.45, 2.75) is 32.3 Å². The van der Waals surface area contributed by atoms with E-state index < -0.39 is 6.10 Å². The van der Waals surface area contributed by atoms with Gasteiger partial charge in [0.15, 0.2) is 0 Å². The highest BCUT2D eigenvalue weighted by Crippen LogP contribution is 2.21. The zero-order valence-corrected chi connectivity index (χ0v) is 11.8. The second kappa shape index (κ2) is 7.53. The van der Waals surface area contributed by atoms with Crippen LogP contribution in [0, 0.1) is 11.8 Å². The summed E-state index contributed by atoms with van der Waals surface area (Å²) in [6, 6.07) is 18.2. The minimum Gasteiger partial charge on any atom is -0.376 e. The van der Waals surface area contributed by atoms with E-state index in [1.54, 1.807) is 0 Å². The molecule has 20 heavy (non-hydrogen) atoms. The summed E-state index contributed by atoms with van der Waals surface area (Å²) in [7, 11) is 0. The maximum Gasteiger partial charge on any atom is 0.140 e. The van der Waals surface area contributed by atoms with Crippen molar-refractivity contribution < 1.29 is 5.11 Å². The Kier molecular flexibility index (Phi) is 5.41. The van der Waals surface area contributed by atoms with Crippen molar-refractivity contribution in [2.24, 2.45) is 0 Å². The molecule has 1 heteroatoms. The predicted octanol–water partition coefficient (Wildman–Crippen LogP) is 4.58. The van der Waals surface area contributed by atoms with E-state index in [4.69, 9.17) is 0 Å². The lowest BCUT2D eigenvalue weighted by molar-refractivity contribution is 0.238. The minimum absolute atomic E-state index is 0.684. The Morgan fingerprint density at radius 3 is 2.25 bits per heavy atom. The summed E-state index contributed by atoms with van der Waals surface area (Å²) in [6.07, 6.45) is 2.40. The van der Waals surface area contributed by atoms with Gasteiger partial charge in [0.25, 0.3) is 0 Å². The quantitative estimate of drug-likeness (QED) is 0.633. The molecule has 0 amide bonds. The summed E-state index contributed by atoms with van der Waals surface area (Å²) in [5.41, 5.74) is 3.19. The predicted molar refractivity (Wildman–Crippen MR) is 84.1 cm³/mol. The number of unbranched alkanes of at least 4 members (excludes halogenated alkanes) is 2. The van der Waals surface area contributed by atoms with Gasteiger partial charge in [-0.05, 0) is 23.1 Å². The smallest absolute Gasteiger partial charge is 0.140 e. The van der Waals surface area contributed by atoms with Gasteiger partial charge < -0.3 is 5.11 Å². The van der Waals surface area contributed by atoms with Gasteiger partial charge in [0.2, 0.25) is 0 Å². The second-order valence-electron chi connectivity index (χ2n) is 4.82. The van der Waals surface area contributed by atoms with Crippen LogP contribution >= 0.6 is 0 Å². The molecule has 0 aliphatic rings. The molecule has 1 nitrogen and oxygen atoms in total. The van der Waals surface area contributed by atoms with Crippen LogP contribution in [-0.2, 0) is 0 Å². The van der Waals surface area contributed by atoms with E-state index in [1.165, 1.54) is 5.56 Å². The molecule has 1 unspecified atom stereocenters. The van der Waals surface area contributed by atoms with Crippen LogP contribution in [0.4, 0.5) is 0 Å². The van der Waals surface area contributed by atoms with E-state index in [1.807, 2.05) is 42.5 Å². The highest BCUT2D eigenvalue weighted by atomic mass is 16.3. The van der Waals surface area contributed by atoms with E-state index in [9.17, 15) is 5.11 Å². The first-order valence-electron chi connectivity index (χ1n) is 7.13. The fourth-order valence-electron chi connectivity index (χ4n) is 2.01. The molecule has 0 spiro atoms. The fraction of sp³-hybridized carbons (Fsp3) is 0.263. The zero-order valence-electron chi connectivity index (χ0n) is 11.8. The van der Waals surface area contributed by atoms with Crippen LogP contribution in [0.25, 0.3) is 11.1 Å². The number of aliphatic hydroxyl groups excluding tert-OH is 1.